The van der Waals surface area contributed by atoms with Crippen molar-refractivity contribution in [1.29, 1.82) is 0 Å². The quantitative estimate of drug-likeness (QED) is 0.391. The van der Waals surface area contributed by atoms with Crippen LogP contribution in [0, 0.1) is 0 Å². The number of hydrogen-bond donors (Lipinski definition) is 2. The number of benzene rings is 3. The van der Waals surface area contributed by atoms with Gasteiger partial charge in [0.1, 0.15) is 0 Å². The molecule has 188 valence electrons. The van der Waals surface area contributed by atoms with E-state index in [9.17, 15) is 22.8 Å². The molecule has 0 atom stereocenters. The second-order valence-electron chi connectivity index (χ2n) is 7.36. The molecule has 0 saturated carbocycles. The van der Waals surface area contributed by atoms with Crippen molar-refractivity contribution in [3.05, 3.63) is 83.4 Å². The van der Waals surface area contributed by atoms with Crippen molar-refractivity contribution in [3.63, 3.8) is 0 Å². The number of hydrogen-bond acceptors (Lipinski definition) is 5. The zero-order chi connectivity index (χ0) is 26.3. The first-order chi connectivity index (χ1) is 17.2. The van der Waals surface area contributed by atoms with Crippen LogP contribution < -0.4 is 24.8 Å². The monoisotopic (exact) mass is 500 g/mol. The Kier molecular flexibility index (Phi) is 8.21. The summed E-state index contributed by atoms with van der Waals surface area (Å²) in [6.07, 6.45) is -1.67. The number of carbonyl (C=O) groups excluding carboxylic acids is 2. The van der Waals surface area contributed by atoms with Crippen LogP contribution in [-0.4, -0.2) is 33.1 Å². The van der Waals surface area contributed by atoms with Crippen LogP contribution in [0.2, 0.25) is 0 Å². The second kappa shape index (κ2) is 11.3. The van der Waals surface area contributed by atoms with Gasteiger partial charge >= 0.3 is 6.18 Å². The fourth-order valence-electron chi connectivity index (χ4n) is 3.25. The summed E-state index contributed by atoms with van der Waals surface area (Å²) < 4.78 is 54.2. The molecule has 2 N–H and O–H groups in total. The third kappa shape index (κ3) is 6.35. The van der Waals surface area contributed by atoms with Crippen molar-refractivity contribution in [2.75, 3.05) is 32.0 Å². The highest BCUT2D eigenvalue weighted by Crippen LogP contribution is 2.38. The molecule has 0 aliphatic carbocycles. The van der Waals surface area contributed by atoms with Gasteiger partial charge in [0, 0.05) is 11.6 Å². The van der Waals surface area contributed by atoms with Crippen molar-refractivity contribution < 1.29 is 37.0 Å². The van der Waals surface area contributed by atoms with E-state index in [4.69, 9.17) is 14.2 Å². The topological polar surface area (TPSA) is 85.9 Å². The minimum atomic E-state index is -4.50. The number of halogens is 3. The van der Waals surface area contributed by atoms with E-state index in [1.54, 1.807) is 42.5 Å². The molecule has 10 heteroatoms. The minimum Gasteiger partial charge on any atom is -0.493 e. The summed E-state index contributed by atoms with van der Waals surface area (Å²) in [7, 11) is 4.44. The molecule has 0 aliphatic rings. The maximum Gasteiger partial charge on any atom is 0.416 e. The summed E-state index contributed by atoms with van der Waals surface area (Å²) in [6, 6.07) is 13.6. The van der Waals surface area contributed by atoms with E-state index in [0.29, 0.717) is 28.5 Å². The Balaban J connectivity index is 1.73. The molecule has 0 unspecified atom stereocenters. The third-order valence-corrected chi connectivity index (χ3v) is 5.02. The number of para-hydroxylation sites is 2. The van der Waals surface area contributed by atoms with Crippen LogP contribution in [0.1, 0.15) is 21.5 Å². The standard InChI is InChI=1S/C26H23F3N2O5/c1-34-21-14-16(15-22(35-2)24(21)36-3)8-13-23(32)30-19-6-4-5-7-20(19)31-25(33)17-9-11-18(12-10-17)26(27,28)29/h4-15H,1-3H3,(H,30,32)(H,31,33). The van der Waals surface area contributed by atoms with Crippen LogP contribution in [0.3, 0.4) is 0 Å². The molecule has 3 rings (SSSR count). The number of ether oxygens (including phenoxy) is 3. The van der Waals surface area contributed by atoms with Crippen molar-refractivity contribution in [1.82, 2.24) is 0 Å². The maximum absolute atomic E-state index is 12.8. The van der Waals surface area contributed by atoms with E-state index in [-0.39, 0.29) is 11.3 Å². The molecule has 3 aromatic carbocycles. The zero-order valence-electron chi connectivity index (χ0n) is 19.6. The lowest BCUT2D eigenvalue weighted by Crippen LogP contribution is -2.16. The number of methoxy groups -OCH3 is 3. The molecule has 0 aromatic heterocycles. The Hall–Kier alpha value is -4.47. The van der Waals surface area contributed by atoms with Gasteiger partial charge in [0.05, 0.1) is 38.3 Å². The third-order valence-electron chi connectivity index (χ3n) is 5.02. The smallest absolute Gasteiger partial charge is 0.416 e. The van der Waals surface area contributed by atoms with E-state index in [2.05, 4.69) is 10.6 Å². The predicted molar refractivity (Wildman–Crippen MR) is 130 cm³/mol. The molecule has 36 heavy (non-hydrogen) atoms. The average Bonchev–Trinajstić information content (AvgIpc) is 2.87. The minimum absolute atomic E-state index is 0.0337. The molecule has 0 heterocycles. The largest absolute Gasteiger partial charge is 0.493 e. The summed E-state index contributed by atoms with van der Waals surface area (Å²) in [5.41, 5.74) is 0.370. The molecule has 0 saturated heterocycles. The molecule has 3 aromatic rings. The van der Waals surface area contributed by atoms with Crippen molar-refractivity contribution in [2.45, 2.75) is 6.18 Å². The second-order valence-corrected chi connectivity index (χ2v) is 7.36. The molecular formula is C26H23F3N2O5. The summed E-state index contributed by atoms with van der Waals surface area (Å²) in [4.78, 5) is 25.1. The van der Waals surface area contributed by atoms with Gasteiger partial charge in [-0.2, -0.15) is 13.2 Å². The number of anilines is 2. The molecule has 0 fully saturated rings. The molecule has 0 radical (unpaired) electrons. The highest BCUT2D eigenvalue weighted by molar-refractivity contribution is 6.09. The Morgan fingerprint density at radius 1 is 0.806 bits per heavy atom. The lowest BCUT2D eigenvalue weighted by Gasteiger charge is -2.13. The Labute approximate surface area is 205 Å². The first kappa shape index (κ1) is 26.1. The number of rotatable bonds is 8. The molecule has 7 nitrogen and oxygen atoms in total. The van der Waals surface area contributed by atoms with Gasteiger partial charge in [-0.1, -0.05) is 12.1 Å². The fraction of sp³-hybridized carbons (Fsp3) is 0.154. The number of carbonyl (C=O) groups is 2. The van der Waals surface area contributed by atoms with Gasteiger partial charge in [0.2, 0.25) is 11.7 Å². The van der Waals surface area contributed by atoms with Gasteiger partial charge in [-0.3, -0.25) is 9.59 Å². The number of amides is 2. The number of nitrogens with one attached hydrogen (secondary N) is 2. The van der Waals surface area contributed by atoms with Gasteiger partial charge in [-0.05, 0) is 60.2 Å². The molecular weight excluding hydrogens is 477 g/mol. The summed E-state index contributed by atoms with van der Waals surface area (Å²) >= 11 is 0. The lowest BCUT2D eigenvalue weighted by atomic mass is 10.1. The van der Waals surface area contributed by atoms with Gasteiger partial charge < -0.3 is 24.8 Å². The fourth-order valence-corrected chi connectivity index (χ4v) is 3.25. The van der Waals surface area contributed by atoms with E-state index in [1.165, 1.54) is 27.4 Å². The first-order valence-corrected chi connectivity index (χ1v) is 10.5. The SMILES string of the molecule is COc1cc(C=CC(=O)Nc2ccccc2NC(=O)c2ccc(C(F)(F)F)cc2)cc(OC)c1OC. The van der Waals surface area contributed by atoms with E-state index in [1.807, 2.05) is 0 Å². The maximum atomic E-state index is 12.8. The van der Waals surface area contributed by atoms with E-state index < -0.39 is 23.6 Å². The molecule has 2 amide bonds. The van der Waals surface area contributed by atoms with Crippen LogP contribution in [0.4, 0.5) is 24.5 Å². The summed E-state index contributed by atoms with van der Waals surface area (Å²) in [6.45, 7) is 0. The van der Waals surface area contributed by atoms with Gasteiger partial charge in [-0.25, -0.2) is 0 Å². The van der Waals surface area contributed by atoms with Crippen molar-refractivity contribution in [2.24, 2.45) is 0 Å². The van der Waals surface area contributed by atoms with Gasteiger partial charge in [0.25, 0.3) is 5.91 Å². The van der Waals surface area contributed by atoms with Gasteiger partial charge in [0.15, 0.2) is 11.5 Å². The van der Waals surface area contributed by atoms with Crippen LogP contribution in [-0.2, 0) is 11.0 Å². The Morgan fingerprint density at radius 2 is 1.36 bits per heavy atom. The predicted octanol–water partition coefficient (Wildman–Crippen LogP) is 5.64. The Morgan fingerprint density at radius 3 is 1.86 bits per heavy atom. The highest BCUT2D eigenvalue weighted by Gasteiger charge is 2.30. The first-order valence-electron chi connectivity index (χ1n) is 10.5. The van der Waals surface area contributed by atoms with Crippen LogP contribution in [0.25, 0.3) is 6.08 Å². The molecule has 0 spiro atoms. The Bertz CT molecular complexity index is 1250. The summed E-state index contributed by atoms with van der Waals surface area (Å²) in [5.74, 6) is 0.152. The average molecular weight is 500 g/mol. The number of alkyl halides is 3. The van der Waals surface area contributed by atoms with Crippen LogP contribution >= 0.6 is 0 Å². The lowest BCUT2D eigenvalue weighted by molar-refractivity contribution is -0.137. The van der Waals surface area contributed by atoms with Crippen LogP contribution in [0.15, 0.2) is 66.7 Å². The van der Waals surface area contributed by atoms with E-state index >= 15 is 0 Å². The van der Waals surface area contributed by atoms with Crippen molar-refractivity contribution in [3.8, 4) is 17.2 Å². The van der Waals surface area contributed by atoms with Crippen LogP contribution in [0.5, 0.6) is 17.2 Å². The van der Waals surface area contributed by atoms with E-state index in [0.717, 1.165) is 24.3 Å². The van der Waals surface area contributed by atoms with Gasteiger partial charge in [-0.15, -0.1) is 0 Å². The molecule has 0 aliphatic heterocycles. The van der Waals surface area contributed by atoms with Crippen molar-refractivity contribution >= 4 is 29.3 Å². The molecule has 0 bridgehead atoms. The summed E-state index contributed by atoms with van der Waals surface area (Å²) in [5, 5.41) is 5.27. The highest BCUT2D eigenvalue weighted by atomic mass is 19.4. The zero-order valence-corrected chi connectivity index (χ0v) is 19.6. The normalized spacial score (nSPS) is 11.2.